The summed E-state index contributed by atoms with van der Waals surface area (Å²) in [6, 6.07) is -0.576. The number of nitrogens with zero attached hydrogens (tertiary/aromatic N) is 1. The van der Waals surface area contributed by atoms with Crippen LogP contribution >= 0.6 is 0 Å². The Morgan fingerprint density at radius 1 is 1.67 bits per heavy atom. The molecule has 2 saturated carbocycles. The molecule has 0 radical (unpaired) electrons. The standard InChI is InChI=1S/C8H11NO3/c1-8-4-2-3-5(10)6(8)7(8)9(11)12/h6-7H,2-4H2,1H3/t6-,7-,8-/m0/s1. The molecule has 4 heteroatoms. The van der Waals surface area contributed by atoms with Gasteiger partial charge in [-0.2, -0.15) is 0 Å². The molecule has 4 nitrogen and oxygen atoms in total. The van der Waals surface area contributed by atoms with Gasteiger partial charge in [-0.1, -0.05) is 6.92 Å². The first-order chi connectivity index (χ1) is 5.57. The van der Waals surface area contributed by atoms with E-state index >= 15 is 0 Å². The second-order valence-corrected chi connectivity index (χ2v) is 4.03. The van der Waals surface area contributed by atoms with Crippen molar-refractivity contribution in [3.8, 4) is 0 Å². The molecular formula is C8H11NO3. The predicted molar refractivity (Wildman–Crippen MR) is 41.2 cm³/mol. The van der Waals surface area contributed by atoms with Crippen LogP contribution in [-0.2, 0) is 4.79 Å². The van der Waals surface area contributed by atoms with Crippen molar-refractivity contribution >= 4 is 5.78 Å². The number of carbonyl (C=O) groups excluding carboxylic acids is 1. The van der Waals surface area contributed by atoms with Crippen molar-refractivity contribution < 1.29 is 9.72 Å². The van der Waals surface area contributed by atoms with Gasteiger partial charge in [-0.3, -0.25) is 14.9 Å². The summed E-state index contributed by atoms with van der Waals surface area (Å²) < 4.78 is 0. The minimum absolute atomic E-state index is 0.102. The van der Waals surface area contributed by atoms with Gasteiger partial charge < -0.3 is 0 Å². The molecule has 0 aromatic heterocycles. The lowest BCUT2D eigenvalue weighted by Crippen LogP contribution is -2.14. The highest BCUT2D eigenvalue weighted by Crippen LogP contribution is 2.60. The van der Waals surface area contributed by atoms with Crippen LogP contribution in [0.15, 0.2) is 0 Å². The molecule has 0 aromatic carbocycles. The number of Topliss-reactive ketones (excluding diaryl/α,β-unsaturated/α-hetero) is 1. The monoisotopic (exact) mass is 169 g/mol. The Morgan fingerprint density at radius 2 is 2.33 bits per heavy atom. The average molecular weight is 169 g/mol. The van der Waals surface area contributed by atoms with Crippen molar-refractivity contribution in [2.45, 2.75) is 32.2 Å². The number of fused-ring (bicyclic) bond motifs is 1. The van der Waals surface area contributed by atoms with E-state index in [1.54, 1.807) is 0 Å². The first-order valence-corrected chi connectivity index (χ1v) is 4.23. The number of hydrogen-bond acceptors (Lipinski definition) is 3. The molecule has 0 N–H and O–H groups in total. The van der Waals surface area contributed by atoms with Crippen LogP contribution < -0.4 is 0 Å². The third kappa shape index (κ3) is 0.750. The number of hydrogen-bond donors (Lipinski definition) is 0. The number of carbonyl (C=O) groups is 1. The van der Waals surface area contributed by atoms with Crippen LogP contribution in [0.1, 0.15) is 26.2 Å². The lowest BCUT2D eigenvalue weighted by molar-refractivity contribution is -0.504. The molecule has 0 amide bonds. The Balaban J connectivity index is 2.23. The van der Waals surface area contributed by atoms with Gasteiger partial charge in [0.05, 0.1) is 11.3 Å². The Hall–Kier alpha value is -0.930. The molecule has 2 fully saturated rings. The third-order valence-electron chi connectivity index (χ3n) is 3.31. The maximum atomic E-state index is 11.3. The van der Waals surface area contributed by atoms with Crippen LogP contribution in [0.25, 0.3) is 0 Å². The normalized spacial score (nSPS) is 45.2. The van der Waals surface area contributed by atoms with E-state index in [1.807, 2.05) is 6.92 Å². The largest absolute Gasteiger partial charge is 0.299 e. The second-order valence-electron chi connectivity index (χ2n) is 4.03. The summed E-state index contributed by atoms with van der Waals surface area (Å²) in [6.45, 7) is 1.86. The molecule has 0 aromatic rings. The Morgan fingerprint density at radius 3 is 2.83 bits per heavy atom. The molecule has 2 aliphatic carbocycles. The Labute approximate surface area is 70.1 Å². The Bertz CT molecular complexity index is 257. The van der Waals surface area contributed by atoms with E-state index in [0.717, 1.165) is 12.8 Å². The molecule has 0 heterocycles. The highest BCUT2D eigenvalue weighted by atomic mass is 16.6. The molecule has 2 aliphatic rings. The zero-order valence-electron chi connectivity index (χ0n) is 6.95. The summed E-state index contributed by atoms with van der Waals surface area (Å²) >= 11 is 0. The van der Waals surface area contributed by atoms with Gasteiger partial charge >= 0.3 is 0 Å². The maximum Gasteiger partial charge on any atom is 0.229 e. The second kappa shape index (κ2) is 2.06. The van der Waals surface area contributed by atoms with Crippen LogP contribution in [-0.4, -0.2) is 16.7 Å². The number of ketones is 1. The zero-order valence-corrected chi connectivity index (χ0v) is 6.95. The van der Waals surface area contributed by atoms with E-state index in [-0.39, 0.29) is 22.0 Å². The fourth-order valence-electron chi connectivity index (χ4n) is 2.55. The average Bonchev–Trinajstić information content (AvgIpc) is 2.57. The fourth-order valence-corrected chi connectivity index (χ4v) is 2.55. The molecule has 0 unspecified atom stereocenters. The van der Waals surface area contributed by atoms with Gasteiger partial charge in [0.1, 0.15) is 5.78 Å². The summed E-state index contributed by atoms with van der Waals surface area (Å²) in [5, 5.41) is 10.5. The molecule has 12 heavy (non-hydrogen) atoms. The Kier molecular flexibility index (Phi) is 1.32. The third-order valence-corrected chi connectivity index (χ3v) is 3.31. The van der Waals surface area contributed by atoms with Gasteiger partial charge in [0.2, 0.25) is 6.04 Å². The van der Waals surface area contributed by atoms with E-state index in [1.165, 1.54) is 0 Å². The molecule has 66 valence electrons. The predicted octanol–water partition coefficient (Wildman–Crippen LogP) is 1.02. The first kappa shape index (κ1) is 7.71. The van der Waals surface area contributed by atoms with Crippen molar-refractivity contribution in [1.29, 1.82) is 0 Å². The molecule has 0 bridgehead atoms. The summed E-state index contributed by atoms with van der Waals surface area (Å²) in [4.78, 5) is 21.5. The number of nitro groups is 1. The van der Waals surface area contributed by atoms with Gasteiger partial charge in [0.25, 0.3) is 0 Å². The highest BCUT2D eigenvalue weighted by molar-refractivity contribution is 5.86. The zero-order chi connectivity index (χ0) is 8.93. The molecule has 0 spiro atoms. The summed E-state index contributed by atoms with van der Waals surface area (Å²) in [7, 11) is 0. The minimum Gasteiger partial charge on any atom is -0.299 e. The lowest BCUT2D eigenvalue weighted by atomic mass is 9.89. The first-order valence-electron chi connectivity index (χ1n) is 4.23. The lowest BCUT2D eigenvalue weighted by Gasteiger charge is -2.11. The topological polar surface area (TPSA) is 60.2 Å². The minimum atomic E-state index is -0.576. The summed E-state index contributed by atoms with van der Waals surface area (Å²) in [6.07, 6.45) is 2.22. The van der Waals surface area contributed by atoms with Gasteiger partial charge in [-0.25, -0.2) is 0 Å². The van der Waals surface area contributed by atoms with E-state index in [9.17, 15) is 14.9 Å². The summed E-state index contributed by atoms with van der Waals surface area (Å²) in [5.41, 5.74) is -0.293. The van der Waals surface area contributed by atoms with E-state index in [2.05, 4.69) is 0 Å². The molecule has 0 saturated heterocycles. The maximum absolute atomic E-state index is 11.3. The van der Waals surface area contributed by atoms with E-state index in [0.29, 0.717) is 6.42 Å². The van der Waals surface area contributed by atoms with Gasteiger partial charge in [-0.15, -0.1) is 0 Å². The van der Waals surface area contributed by atoms with Gasteiger partial charge in [-0.05, 0) is 12.8 Å². The smallest absolute Gasteiger partial charge is 0.229 e. The number of rotatable bonds is 1. The molecule has 3 atom stereocenters. The van der Waals surface area contributed by atoms with Crippen LogP contribution in [0.2, 0.25) is 0 Å². The van der Waals surface area contributed by atoms with Crippen LogP contribution in [0.5, 0.6) is 0 Å². The molecule has 0 aliphatic heterocycles. The quantitative estimate of drug-likeness (QED) is 0.435. The van der Waals surface area contributed by atoms with Crippen molar-refractivity contribution in [2.24, 2.45) is 11.3 Å². The van der Waals surface area contributed by atoms with Crippen LogP contribution in [0, 0.1) is 21.4 Å². The van der Waals surface area contributed by atoms with Crippen molar-refractivity contribution in [1.82, 2.24) is 0 Å². The van der Waals surface area contributed by atoms with Gasteiger partial charge in [0.15, 0.2) is 0 Å². The molecule has 2 rings (SSSR count). The van der Waals surface area contributed by atoms with Gasteiger partial charge in [0, 0.05) is 11.3 Å². The summed E-state index contributed by atoms with van der Waals surface area (Å²) in [5.74, 6) is -0.160. The van der Waals surface area contributed by atoms with Crippen molar-refractivity contribution in [3.63, 3.8) is 0 Å². The van der Waals surface area contributed by atoms with Crippen LogP contribution in [0.3, 0.4) is 0 Å². The van der Waals surface area contributed by atoms with Crippen molar-refractivity contribution in [3.05, 3.63) is 10.1 Å². The molecular weight excluding hydrogens is 158 g/mol. The fraction of sp³-hybridized carbons (Fsp3) is 0.875. The highest BCUT2D eigenvalue weighted by Gasteiger charge is 2.74. The van der Waals surface area contributed by atoms with Crippen molar-refractivity contribution in [2.75, 3.05) is 0 Å². The van der Waals surface area contributed by atoms with E-state index in [4.69, 9.17) is 0 Å². The van der Waals surface area contributed by atoms with E-state index < -0.39 is 6.04 Å². The van der Waals surface area contributed by atoms with Crippen LogP contribution in [0.4, 0.5) is 0 Å². The SMILES string of the molecule is C[C@]12CCCC(=O)[C@H]1[C@@H]2[N+](=O)[O-].